The van der Waals surface area contributed by atoms with Crippen LogP contribution in [0.15, 0.2) is 41.4 Å². The van der Waals surface area contributed by atoms with Crippen LogP contribution in [0.3, 0.4) is 0 Å². The highest BCUT2D eigenvalue weighted by Gasteiger charge is 2.29. The van der Waals surface area contributed by atoms with Gasteiger partial charge in [-0.15, -0.1) is 0 Å². The van der Waals surface area contributed by atoms with E-state index in [0.29, 0.717) is 0 Å². The fourth-order valence-corrected chi connectivity index (χ4v) is 2.78. The Kier molecular flexibility index (Phi) is 5.29. The van der Waals surface area contributed by atoms with Gasteiger partial charge in [0.25, 0.3) is 10.0 Å². The van der Waals surface area contributed by atoms with Gasteiger partial charge in [0.2, 0.25) is 0 Å². The van der Waals surface area contributed by atoms with Gasteiger partial charge in [-0.1, -0.05) is 30.3 Å². The summed E-state index contributed by atoms with van der Waals surface area (Å²) in [5.74, 6) is -1.47. The van der Waals surface area contributed by atoms with E-state index in [0.717, 1.165) is 16.1 Å². The molecule has 1 aromatic rings. The van der Waals surface area contributed by atoms with Crippen molar-refractivity contribution in [3.05, 3.63) is 47.0 Å². The molecule has 7 heteroatoms. The summed E-state index contributed by atoms with van der Waals surface area (Å²) >= 11 is 0. The SMILES string of the molecule is CN(C)/C=C(\C(=O)O)S(=O)(=O)N(C)Cc1ccccc1. The van der Waals surface area contributed by atoms with E-state index in [-0.39, 0.29) is 6.54 Å². The van der Waals surface area contributed by atoms with Crippen molar-refractivity contribution in [3.63, 3.8) is 0 Å². The van der Waals surface area contributed by atoms with Gasteiger partial charge in [0, 0.05) is 33.9 Å². The molecule has 20 heavy (non-hydrogen) atoms. The van der Waals surface area contributed by atoms with Crippen molar-refractivity contribution in [2.45, 2.75) is 6.54 Å². The Morgan fingerprint density at radius 3 is 2.20 bits per heavy atom. The van der Waals surface area contributed by atoms with Crippen LogP contribution in [0.4, 0.5) is 0 Å². The molecule has 1 rings (SSSR count). The molecular formula is C13H18N2O4S. The second kappa shape index (κ2) is 6.53. The monoisotopic (exact) mass is 298 g/mol. The molecule has 0 amide bonds. The molecule has 0 radical (unpaired) electrons. The largest absolute Gasteiger partial charge is 0.477 e. The van der Waals surface area contributed by atoms with E-state index in [9.17, 15) is 13.2 Å². The molecule has 6 nitrogen and oxygen atoms in total. The first kappa shape index (κ1) is 16.2. The van der Waals surface area contributed by atoms with Crippen LogP contribution in [0, 0.1) is 0 Å². The van der Waals surface area contributed by atoms with Gasteiger partial charge in [-0.3, -0.25) is 0 Å². The number of carboxylic acids is 1. The van der Waals surface area contributed by atoms with Crippen molar-refractivity contribution in [1.29, 1.82) is 0 Å². The van der Waals surface area contributed by atoms with E-state index in [2.05, 4.69) is 0 Å². The van der Waals surface area contributed by atoms with Crippen molar-refractivity contribution < 1.29 is 18.3 Å². The van der Waals surface area contributed by atoms with E-state index < -0.39 is 20.9 Å². The molecule has 0 atom stereocenters. The fourth-order valence-electron chi connectivity index (χ4n) is 1.56. The van der Waals surface area contributed by atoms with E-state index in [1.54, 1.807) is 38.4 Å². The molecule has 0 saturated heterocycles. The third-order valence-corrected chi connectivity index (χ3v) is 4.31. The minimum atomic E-state index is -4.04. The molecule has 0 aliphatic carbocycles. The first-order valence-electron chi connectivity index (χ1n) is 5.87. The molecule has 0 aromatic heterocycles. The number of hydrogen-bond acceptors (Lipinski definition) is 4. The first-order valence-corrected chi connectivity index (χ1v) is 7.31. The minimum Gasteiger partial charge on any atom is -0.477 e. The summed E-state index contributed by atoms with van der Waals surface area (Å²) in [6.45, 7) is 0.112. The average Bonchev–Trinajstić information content (AvgIpc) is 2.36. The van der Waals surface area contributed by atoms with Gasteiger partial charge in [-0.25, -0.2) is 13.2 Å². The molecule has 110 valence electrons. The third-order valence-electron chi connectivity index (χ3n) is 2.52. The summed E-state index contributed by atoms with van der Waals surface area (Å²) in [5.41, 5.74) is 0.785. The van der Waals surface area contributed by atoms with E-state index in [4.69, 9.17) is 5.11 Å². The number of nitrogens with zero attached hydrogens (tertiary/aromatic N) is 2. The lowest BCUT2D eigenvalue weighted by atomic mass is 10.2. The summed E-state index contributed by atoms with van der Waals surface area (Å²) in [6.07, 6.45) is 1.08. The predicted molar refractivity (Wildman–Crippen MR) is 76.2 cm³/mol. The number of hydrogen-bond donors (Lipinski definition) is 1. The molecule has 0 saturated carbocycles. The van der Waals surface area contributed by atoms with Crippen LogP contribution in [0.2, 0.25) is 0 Å². The second-order valence-electron chi connectivity index (χ2n) is 4.51. The van der Waals surface area contributed by atoms with Crippen LogP contribution in [0.25, 0.3) is 0 Å². The zero-order chi connectivity index (χ0) is 15.3. The zero-order valence-corrected chi connectivity index (χ0v) is 12.5. The average molecular weight is 298 g/mol. The van der Waals surface area contributed by atoms with Crippen LogP contribution in [0.1, 0.15) is 5.56 Å². The molecule has 1 aromatic carbocycles. The van der Waals surface area contributed by atoms with Gasteiger partial charge in [-0.05, 0) is 5.56 Å². The Hall–Kier alpha value is -1.86. The van der Waals surface area contributed by atoms with Gasteiger partial charge in [0.05, 0.1) is 0 Å². The lowest BCUT2D eigenvalue weighted by Crippen LogP contribution is -2.31. The molecular weight excluding hydrogens is 280 g/mol. The third kappa shape index (κ3) is 4.07. The van der Waals surface area contributed by atoms with Crippen LogP contribution >= 0.6 is 0 Å². The summed E-state index contributed by atoms with van der Waals surface area (Å²) in [4.78, 5) is 11.9. The molecule has 1 N–H and O–H groups in total. The highest BCUT2D eigenvalue weighted by Crippen LogP contribution is 2.15. The van der Waals surface area contributed by atoms with Gasteiger partial charge < -0.3 is 10.0 Å². The lowest BCUT2D eigenvalue weighted by Gasteiger charge is -2.18. The van der Waals surface area contributed by atoms with Crippen molar-refractivity contribution in [1.82, 2.24) is 9.21 Å². The molecule has 0 aliphatic rings. The minimum absolute atomic E-state index is 0.112. The van der Waals surface area contributed by atoms with E-state index >= 15 is 0 Å². The lowest BCUT2D eigenvalue weighted by molar-refractivity contribution is -0.131. The predicted octanol–water partition coefficient (Wildman–Crippen LogP) is 0.936. The quantitative estimate of drug-likeness (QED) is 0.791. The molecule has 0 unspecified atom stereocenters. The van der Waals surface area contributed by atoms with Gasteiger partial charge in [0.15, 0.2) is 4.91 Å². The molecule has 0 aliphatic heterocycles. The number of carbonyl (C=O) groups is 1. The van der Waals surface area contributed by atoms with E-state index in [1.807, 2.05) is 6.07 Å². The summed E-state index contributed by atoms with van der Waals surface area (Å²) in [5, 5.41) is 9.07. The second-order valence-corrected chi connectivity index (χ2v) is 6.52. The Morgan fingerprint density at radius 1 is 1.20 bits per heavy atom. The topological polar surface area (TPSA) is 77.9 Å². The van der Waals surface area contributed by atoms with Crippen molar-refractivity contribution in [2.75, 3.05) is 21.1 Å². The normalized spacial score (nSPS) is 12.5. The van der Waals surface area contributed by atoms with Crippen molar-refractivity contribution >= 4 is 16.0 Å². The Morgan fingerprint density at radius 2 is 1.75 bits per heavy atom. The van der Waals surface area contributed by atoms with Crippen LogP contribution < -0.4 is 0 Å². The van der Waals surface area contributed by atoms with Crippen molar-refractivity contribution in [3.8, 4) is 0 Å². The summed E-state index contributed by atoms with van der Waals surface area (Å²) in [7, 11) is 0.446. The number of benzene rings is 1. The Bertz CT molecular complexity index is 594. The van der Waals surface area contributed by atoms with Gasteiger partial charge in [0.1, 0.15) is 0 Å². The van der Waals surface area contributed by atoms with E-state index in [1.165, 1.54) is 11.9 Å². The number of aliphatic carboxylic acids is 1. The van der Waals surface area contributed by atoms with Crippen molar-refractivity contribution in [2.24, 2.45) is 0 Å². The van der Waals surface area contributed by atoms with Crippen LogP contribution in [0.5, 0.6) is 0 Å². The smallest absolute Gasteiger partial charge is 0.350 e. The first-order chi connectivity index (χ1) is 9.25. The summed E-state index contributed by atoms with van der Waals surface area (Å²) in [6, 6.07) is 8.98. The van der Waals surface area contributed by atoms with Gasteiger partial charge >= 0.3 is 5.97 Å². The molecule has 0 bridgehead atoms. The molecule has 0 spiro atoms. The standard InChI is InChI=1S/C13H18N2O4S/c1-14(2)10-12(13(16)17)20(18,19)15(3)9-11-7-5-4-6-8-11/h4-8,10H,9H2,1-3H3,(H,16,17)/b12-10+. The summed E-state index contributed by atoms with van der Waals surface area (Å²) < 4.78 is 25.5. The highest BCUT2D eigenvalue weighted by atomic mass is 32.2. The Labute approximate surface area is 119 Å². The Balaban J connectivity index is 3.05. The maximum Gasteiger partial charge on any atom is 0.350 e. The number of rotatable bonds is 6. The highest BCUT2D eigenvalue weighted by molar-refractivity contribution is 7.93. The van der Waals surface area contributed by atoms with Crippen LogP contribution in [-0.2, 0) is 21.4 Å². The maximum atomic E-state index is 12.3. The fraction of sp³-hybridized carbons (Fsp3) is 0.308. The molecule has 0 heterocycles. The van der Waals surface area contributed by atoms with Crippen LogP contribution in [-0.4, -0.2) is 49.8 Å². The zero-order valence-electron chi connectivity index (χ0n) is 11.6. The maximum absolute atomic E-state index is 12.3. The number of sulfonamides is 1. The molecule has 0 fully saturated rings. The number of carboxylic acid groups (broad SMARTS) is 1. The van der Waals surface area contributed by atoms with Gasteiger partial charge in [-0.2, -0.15) is 4.31 Å².